The summed E-state index contributed by atoms with van der Waals surface area (Å²) in [5.41, 5.74) is 0.854. The van der Waals surface area contributed by atoms with Gasteiger partial charge in [-0.2, -0.15) is 5.10 Å². The van der Waals surface area contributed by atoms with Crippen LogP contribution in [0.5, 0.6) is 0 Å². The van der Waals surface area contributed by atoms with Crippen LogP contribution in [0.1, 0.15) is 5.69 Å². The van der Waals surface area contributed by atoms with Crippen LogP contribution in [0.2, 0.25) is 5.02 Å². The Morgan fingerprint density at radius 1 is 1.70 bits per heavy atom. The van der Waals surface area contributed by atoms with Gasteiger partial charge in [0.2, 0.25) is 0 Å². The normalized spacial score (nSPS) is 10.3. The third-order valence-electron chi connectivity index (χ3n) is 1.20. The Hall–Kier alpha value is -0.210. The Kier molecular flexibility index (Phi) is 2.57. The largest absolute Gasteiger partial charge is 0.270 e. The van der Waals surface area contributed by atoms with Crippen LogP contribution in [0.25, 0.3) is 0 Å². The van der Waals surface area contributed by atoms with Crippen LogP contribution in [0.4, 0.5) is 0 Å². The molecule has 10 heavy (non-hydrogen) atoms. The zero-order valence-electron chi connectivity index (χ0n) is 5.64. The minimum atomic E-state index is 0.567. The topological polar surface area (TPSA) is 17.8 Å². The highest BCUT2D eigenvalue weighted by molar-refractivity contribution is 6.31. The fourth-order valence-electron chi connectivity index (χ4n) is 0.695. The van der Waals surface area contributed by atoms with E-state index in [2.05, 4.69) is 5.10 Å². The van der Waals surface area contributed by atoms with Gasteiger partial charge in [0.05, 0.1) is 17.3 Å². The van der Waals surface area contributed by atoms with Crippen LogP contribution in [0.15, 0.2) is 6.20 Å². The first-order valence-electron chi connectivity index (χ1n) is 2.99. The number of hydrogen-bond acceptors (Lipinski definition) is 1. The van der Waals surface area contributed by atoms with Gasteiger partial charge in [-0.1, -0.05) is 11.6 Å². The highest BCUT2D eigenvalue weighted by atomic mass is 35.5. The maximum atomic E-state index is 5.74. The molecule has 0 saturated carbocycles. The molecule has 2 nitrogen and oxygen atoms in total. The molecule has 0 fully saturated rings. The molecule has 0 aliphatic rings. The van der Waals surface area contributed by atoms with Gasteiger partial charge in [0, 0.05) is 12.1 Å². The summed E-state index contributed by atoms with van der Waals surface area (Å²) in [5, 5.41) is 4.80. The predicted molar refractivity (Wildman–Crippen MR) is 42.7 cm³/mol. The molecule has 56 valence electrons. The molecule has 0 aromatic carbocycles. The van der Waals surface area contributed by atoms with Crippen molar-refractivity contribution in [1.82, 2.24) is 9.78 Å². The lowest BCUT2D eigenvalue weighted by Crippen LogP contribution is -1.98. The zero-order chi connectivity index (χ0) is 7.56. The van der Waals surface area contributed by atoms with Crippen molar-refractivity contribution in [2.75, 3.05) is 5.88 Å². The molecule has 0 aliphatic heterocycles. The van der Waals surface area contributed by atoms with Crippen molar-refractivity contribution in [3.8, 4) is 0 Å². The molecule has 1 aromatic heterocycles. The summed E-state index contributed by atoms with van der Waals surface area (Å²) >= 11 is 11.2. The van der Waals surface area contributed by atoms with Crippen LogP contribution in [-0.2, 0) is 6.54 Å². The van der Waals surface area contributed by atoms with E-state index in [-0.39, 0.29) is 0 Å². The van der Waals surface area contributed by atoms with Crippen molar-refractivity contribution < 1.29 is 0 Å². The lowest BCUT2D eigenvalue weighted by molar-refractivity contribution is 0.657. The molecular weight excluding hydrogens is 171 g/mol. The number of aromatic nitrogens is 2. The van der Waals surface area contributed by atoms with Crippen molar-refractivity contribution in [2.24, 2.45) is 0 Å². The third-order valence-corrected chi connectivity index (χ3v) is 1.74. The summed E-state index contributed by atoms with van der Waals surface area (Å²) in [6, 6.07) is 0. The van der Waals surface area contributed by atoms with Crippen LogP contribution in [-0.4, -0.2) is 15.7 Å². The summed E-state index contributed by atoms with van der Waals surface area (Å²) in [4.78, 5) is 0. The van der Waals surface area contributed by atoms with Gasteiger partial charge in [-0.15, -0.1) is 11.6 Å². The lowest BCUT2D eigenvalue weighted by atomic mass is 10.5. The molecule has 1 rings (SSSR count). The summed E-state index contributed by atoms with van der Waals surface area (Å²) in [5.74, 6) is 0.567. The van der Waals surface area contributed by atoms with Gasteiger partial charge in [-0.05, 0) is 6.92 Å². The van der Waals surface area contributed by atoms with E-state index in [0.29, 0.717) is 10.9 Å². The van der Waals surface area contributed by atoms with E-state index in [1.165, 1.54) is 0 Å². The Bertz CT molecular complexity index is 200. The highest BCUT2D eigenvalue weighted by Crippen LogP contribution is 2.11. The molecule has 1 aromatic rings. The van der Waals surface area contributed by atoms with Crippen LogP contribution >= 0.6 is 23.2 Å². The fourth-order valence-corrected chi connectivity index (χ4v) is 1.02. The number of aryl methyl sites for hydroxylation is 2. The summed E-state index contributed by atoms with van der Waals surface area (Å²) in [7, 11) is 0. The van der Waals surface area contributed by atoms with Crippen molar-refractivity contribution in [3.63, 3.8) is 0 Å². The Balaban J connectivity index is 2.77. The molecule has 0 bridgehead atoms. The first-order valence-corrected chi connectivity index (χ1v) is 3.91. The van der Waals surface area contributed by atoms with Crippen molar-refractivity contribution in [1.29, 1.82) is 0 Å². The molecule has 0 unspecified atom stereocenters. The smallest absolute Gasteiger partial charge is 0.0814 e. The van der Waals surface area contributed by atoms with E-state index in [1.54, 1.807) is 10.9 Å². The average Bonchev–Trinajstić information content (AvgIpc) is 2.14. The molecule has 0 spiro atoms. The molecule has 0 N–H and O–H groups in total. The average molecular weight is 179 g/mol. The highest BCUT2D eigenvalue weighted by Gasteiger charge is 1.99. The van der Waals surface area contributed by atoms with E-state index >= 15 is 0 Å². The standard InChI is InChI=1S/C6H8Cl2N2/c1-5-6(8)4-10(9-5)3-2-7/h4H,2-3H2,1H3. The fraction of sp³-hybridized carbons (Fsp3) is 0.500. The summed E-state index contributed by atoms with van der Waals surface area (Å²) in [6.45, 7) is 2.59. The SMILES string of the molecule is Cc1nn(CCCl)cc1Cl. The second kappa shape index (κ2) is 3.26. The molecule has 4 heteroatoms. The third kappa shape index (κ3) is 1.64. The van der Waals surface area contributed by atoms with Gasteiger partial charge < -0.3 is 0 Å². The van der Waals surface area contributed by atoms with Crippen LogP contribution in [0.3, 0.4) is 0 Å². The van der Waals surface area contributed by atoms with E-state index in [1.807, 2.05) is 6.92 Å². The molecule has 0 radical (unpaired) electrons. The van der Waals surface area contributed by atoms with Crippen LogP contribution < -0.4 is 0 Å². The van der Waals surface area contributed by atoms with E-state index in [9.17, 15) is 0 Å². The van der Waals surface area contributed by atoms with Gasteiger partial charge in [0.25, 0.3) is 0 Å². The Morgan fingerprint density at radius 2 is 2.40 bits per heavy atom. The first kappa shape index (κ1) is 7.89. The minimum Gasteiger partial charge on any atom is -0.270 e. The zero-order valence-corrected chi connectivity index (χ0v) is 7.15. The molecule has 0 aliphatic carbocycles. The number of alkyl halides is 1. The second-order valence-electron chi connectivity index (χ2n) is 2.01. The summed E-state index contributed by atoms with van der Waals surface area (Å²) < 4.78 is 1.74. The van der Waals surface area contributed by atoms with Crippen LogP contribution in [0, 0.1) is 6.92 Å². The number of halogens is 2. The molecule has 0 saturated heterocycles. The second-order valence-corrected chi connectivity index (χ2v) is 2.80. The number of rotatable bonds is 2. The van der Waals surface area contributed by atoms with Gasteiger partial charge in [0.15, 0.2) is 0 Å². The first-order chi connectivity index (χ1) is 4.74. The quantitative estimate of drug-likeness (QED) is 0.635. The molecule has 0 amide bonds. The van der Waals surface area contributed by atoms with Gasteiger partial charge in [-0.3, -0.25) is 4.68 Å². The van der Waals surface area contributed by atoms with Crippen molar-refractivity contribution in [2.45, 2.75) is 13.5 Å². The Morgan fingerprint density at radius 3 is 2.80 bits per heavy atom. The predicted octanol–water partition coefficient (Wildman–Crippen LogP) is 2.08. The van der Waals surface area contributed by atoms with Gasteiger partial charge >= 0.3 is 0 Å². The van der Waals surface area contributed by atoms with Crippen molar-refractivity contribution in [3.05, 3.63) is 16.9 Å². The van der Waals surface area contributed by atoms with Gasteiger partial charge in [-0.25, -0.2) is 0 Å². The Labute approximate surface area is 69.7 Å². The molecular formula is C6H8Cl2N2. The van der Waals surface area contributed by atoms with Gasteiger partial charge in [0.1, 0.15) is 0 Å². The van der Waals surface area contributed by atoms with Crippen molar-refractivity contribution >= 4 is 23.2 Å². The minimum absolute atomic E-state index is 0.567. The maximum Gasteiger partial charge on any atom is 0.0814 e. The monoisotopic (exact) mass is 178 g/mol. The lowest BCUT2D eigenvalue weighted by Gasteiger charge is -1.92. The van der Waals surface area contributed by atoms with E-state index < -0.39 is 0 Å². The maximum absolute atomic E-state index is 5.74. The summed E-state index contributed by atoms with van der Waals surface area (Å²) in [6.07, 6.45) is 1.78. The number of nitrogens with zero attached hydrogens (tertiary/aromatic N) is 2. The van der Waals surface area contributed by atoms with E-state index in [4.69, 9.17) is 23.2 Å². The van der Waals surface area contributed by atoms with E-state index in [0.717, 1.165) is 12.2 Å². The molecule has 1 heterocycles. The molecule has 0 atom stereocenters. The number of hydrogen-bond donors (Lipinski definition) is 0.